The van der Waals surface area contributed by atoms with Crippen molar-refractivity contribution in [3.63, 3.8) is 0 Å². The maximum atomic E-state index is 10.2. The van der Waals surface area contributed by atoms with Crippen LogP contribution in [0.15, 0.2) is 51.8 Å². The van der Waals surface area contributed by atoms with E-state index < -0.39 is 6.10 Å². The minimum atomic E-state index is -0.502. The van der Waals surface area contributed by atoms with Crippen molar-refractivity contribution in [3.8, 4) is 0 Å². The third-order valence-electron chi connectivity index (χ3n) is 2.81. The molecule has 0 radical (unpaired) electrons. The van der Waals surface area contributed by atoms with Gasteiger partial charge in [0.2, 0.25) is 0 Å². The predicted molar refractivity (Wildman–Crippen MR) is 86.0 cm³/mol. The van der Waals surface area contributed by atoms with Crippen molar-refractivity contribution in [3.05, 3.63) is 63.1 Å². The van der Waals surface area contributed by atoms with E-state index in [-0.39, 0.29) is 0 Å². The van der Waals surface area contributed by atoms with Crippen LogP contribution in [0.1, 0.15) is 17.2 Å². The van der Waals surface area contributed by atoms with E-state index >= 15 is 0 Å². The molecule has 0 fully saturated rings. The fourth-order valence-electron chi connectivity index (χ4n) is 1.64. The summed E-state index contributed by atoms with van der Waals surface area (Å²) in [5.41, 5.74) is 2.08. The largest absolute Gasteiger partial charge is 0.388 e. The van der Waals surface area contributed by atoms with Crippen LogP contribution >= 0.6 is 39.3 Å². The molecule has 0 saturated carbocycles. The van der Waals surface area contributed by atoms with Gasteiger partial charge in [-0.25, -0.2) is 0 Å². The number of aliphatic hydroxyl groups is 1. The summed E-state index contributed by atoms with van der Waals surface area (Å²) < 4.78 is 1.02. The van der Waals surface area contributed by atoms with Gasteiger partial charge in [-0.2, -0.15) is 0 Å². The van der Waals surface area contributed by atoms with Crippen LogP contribution in [0, 0.1) is 6.92 Å². The molecule has 0 bridgehead atoms. The molecule has 0 spiro atoms. The minimum Gasteiger partial charge on any atom is -0.388 e. The van der Waals surface area contributed by atoms with Crippen molar-refractivity contribution < 1.29 is 5.11 Å². The molecule has 2 aromatic carbocycles. The number of hydrogen-bond acceptors (Lipinski definition) is 2. The molecule has 0 aromatic heterocycles. The van der Waals surface area contributed by atoms with E-state index in [9.17, 15) is 5.11 Å². The molecular formula is C15H14BrClOS. The van der Waals surface area contributed by atoms with E-state index in [1.165, 1.54) is 0 Å². The third kappa shape index (κ3) is 3.99. The molecule has 0 amide bonds. The Labute approximate surface area is 131 Å². The van der Waals surface area contributed by atoms with Crippen molar-refractivity contribution in [1.29, 1.82) is 0 Å². The number of benzene rings is 2. The van der Waals surface area contributed by atoms with Crippen LogP contribution in [0.2, 0.25) is 5.02 Å². The second-order valence-electron chi connectivity index (χ2n) is 4.27. The van der Waals surface area contributed by atoms with Crippen molar-refractivity contribution in [2.24, 2.45) is 0 Å². The summed E-state index contributed by atoms with van der Waals surface area (Å²) in [7, 11) is 0. The molecule has 100 valence electrons. The molecule has 0 saturated heterocycles. The van der Waals surface area contributed by atoms with E-state index in [1.807, 2.05) is 49.4 Å². The topological polar surface area (TPSA) is 20.2 Å². The third-order valence-corrected chi connectivity index (χ3v) is 5.26. The van der Waals surface area contributed by atoms with Crippen molar-refractivity contribution >= 4 is 39.3 Å². The Balaban J connectivity index is 2.03. The van der Waals surface area contributed by atoms with Crippen LogP contribution in [0.5, 0.6) is 0 Å². The van der Waals surface area contributed by atoms with Crippen LogP contribution < -0.4 is 0 Å². The van der Waals surface area contributed by atoms with Gasteiger partial charge >= 0.3 is 0 Å². The summed E-state index contributed by atoms with van der Waals surface area (Å²) in [6.45, 7) is 2.03. The molecule has 0 aliphatic heterocycles. The molecule has 1 unspecified atom stereocenters. The van der Waals surface area contributed by atoms with Gasteiger partial charge in [-0.05, 0) is 36.2 Å². The van der Waals surface area contributed by atoms with Crippen LogP contribution in [0.3, 0.4) is 0 Å². The average molecular weight is 358 g/mol. The van der Waals surface area contributed by atoms with Crippen LogP contribution in [0.25, 0.3) is 0 Å². The highest BCUT2D eigenvalue weighted by Crippen LogP contribution is 2.31. The lowest BCUT2D eigenvalue weighted by atomic mass is 10.1. The Bertz CT molecular complexity index is 574. The minimum absolute atomic E-state index is 0.502. The lowest BCUT2D eigenvalue weighted by Gasteiger charge is -2.12. The van der Waals surface area contributed by atoms with Gasteiger partial charge in [0.1, 0.15) is 0 Å². The van der Waals surface area contributed by atoms with E-state index in [0.29, 0.717) is 5.75 Å². The van der Waals surface area contributed by atoms with Gasteiger partial charge in [0.25, 0.3) is 0 Å². The quantitative estimate of drug-likeness (QED) is 0.755. The summed E-state index contributed by atoms with van der Waals surface area (Å²) in [6.07, 6.45) is -0.502. The first kappa shape index (κ1) is 14.9. The van der Waals surface area contributed by atoms with Gasteiger partial charge < -0.3 is 5.11 Å². The lowest BCUT2D eigenvalue weighted by molar-refractivity contribution is 0.204. The molecule has 0 heterocycles. The maximum Gasteiger partial charge on any atom is 0.0884 e. The number of aryl methyl sites for hydroxylation is 1. The Morgan fingerprint density at radius 1 is 1.26 bits per heavy atom. The standard InChI is InChI=1S/C15H14BrClOS/c1-10-6-7-11(8-12(10)16)14(18)9-19-15-5-3-2-4-13(15)17/h2-8,14,18H,9H2,1H3. The fraction of sp³-hybridized carbons (Fsp3) is 0.200. The molecule has 0 aliphatic rings. The van der Waals surface area contributed by atoms with Gasteiger partial charge in [0, 0.05) is 15.1 Å². The molecule has 2 aromatic rings. The van der Waals surface area contributed by atoms with Gasteiger partial charge in [-0.15, -0.1) is 11.8 Å². The molecule has 19 heavy (non-hydrogen) atoms. The second kappa shape index (κ2) is 6.80. The summed E-state index contributed by atoms with van der Waals surface area (Å²) in [5, 5.41) is 10.9. The van der Waals surface area contributed by atoms with E-state index in [0.717, 1.165) is 25.5 Å². The molecule has 2 rings (SSSR count). The van der Waals surface area contributed by atoms with Gasteiger partial charge in [-0.3, -0.25) is 0 Å². The Hall–Kier alpha value is -0.480. The fourth-order valence-corrected chi connectivity index (χ4v) is 3.25. The molecule has 1 atom stereocenters. The summed E-state index contributed by atoms with van der Waals surface area (Å²) >= 11 is 11.1. The van der Waals surface area contributed by atoms with Gasteiger partial charge in [-0.1, -0.05) is 51.8 Å². The zero-order valence-corrected chi connectivity index (χ0v) is 13.6. The van der Waals surface area contributed by atoms with Crippen LogP contribution in [-0.4, -0.2) is 10.9 Å². The summed E-state index contributed by atoms with van der Waals surface area (Å²) in [5.74, 6) is 0.583. The lowest BCUT2D eigenvalue weighted by Crippen LogP contribution is -2.01. The van der Waals surface area contributed by atoms with Crippen molar-refractivity contribution in [2.45, 2.75) is 17.9 Å². The number of thioether (sulfide) groups is 1. The highest BCUT2D eigenvalue weighted by atomic mass is 79.9. The monoisotopic (exact) mass is 356 g/mol. The number of aliphatic hydroxyl groups excluding tert-OH is 1. The van der Waals surface area contributed by atoms with Gasteiger partial charge in [0.15, 0.2) is 0 Å². The first-order chi connectivity index (χ1) is 9.08. The Kier molecular flexibility index (Phi) is 5.34. The summed E-state index contributed by atoms with van der Waals surface area (Å²) in [4.78, 5) is 0.995. The van der Waals surface area contributed by atoms with E-state index in [2.05, 4.69) is 15.9 Å². The zero-order chi connectivity index (χ0) is 13.8. The van der Waals surface area contributed by atoms with Gasteiger partial charge in [0.05, 0.1) is 11.1 Å². The molecular weight excluding hydrogens is 344 g/mol. The highest BCUT2D eigenvalue weighted by Gasteiger charge is 2.10. The average Bonchev–Trinajstić information content (AvgIpc) is 2.40. The van der Waals surface area contributed by atoms with Crippen molar-refractivity contribution in [2.75, 3.05) is 5.75 Å². The first-order valence-electron chi connectivity index (χ1n) is 5.89. The molecule has 4 heteroatoms. The van der Waals surface area contributed by atoms with E-state index in [4.69, 9.17) is 11.6 Å². The summed E-state index contributed by atoms with van der Waals surface area (Å²) in [6, 6.07) is 13.6. The molecule has 1 nitrogen and oxygen atoms in total. The molecule has 1 N–H and O–H groups in total. The first-order valence-corrected chi connectivity index (χ1v) is 8.05. The Morgan fingerprint density at radius 2 is 2.00 bits per heavy atom. The zero-order valence-electron chi connectivity index (χ0n) is 10.4. The number of rotatable bonds is 4. The molecule has 0 aliphatic carbocycles. The predicted octanol–water partition coefficient (Wildman–Crippen LogP) is 5.24. The normalized spacial score (nSPS) is 12.4. The number of hydrogen-bond donors (Lipinski definition) is 1. The SMILES string of the molecule is Cc1ccc(C(O)CSc2ccccc2Cl)cc1Br. The van der Waals surface area contributed by atoms with Crippen LogP contribution in [-0.2, 0) is 0 Å². The maximum absolute atomic E-state index is 10.2. The smallest absolute Gasteiger partial charge is 0.0884 e. The Morgan fingerprint density at radius 3 is 2.68 bits per heavy atom. The van der Waals surface area contributed by atoms with E-state index in [1.54, 1.807) is 11.8 Å². The van der Waals surface area contributed by atoms with Crippen molar-refractivity contribution in [1.82, 2.24) is 0 Å². The van der Waals surface area contributed by atoms with Crippen LogP contribution in [0.4, 0.5) is 0 Å². The number of halogens is 2. The highest BCUT2D eigenvalue weighted by molar-refractivity contribution is 9.10. The second-order valence-corrected chi connectivity index (χ2v) is 6.59.